The van der Waals surface area contributed by atoms with Crippen LogP contribution in [-0.2, 0) is 25.2 Å². The van der Waals surface area contributed by atoms with Gasteiger partial charge in [-0.15, -0.1) is 0 Å². The van der Waals surface area contributed by atoms with Gasteiger partial charge in [0.2, 0.25) is 0 Å². The van der Waals surface area contributed by atoms with Gasteiger partial charge in [-0.2, -0.15) is 17.6 Å². The molecule has 4 aliphatic rings. The zero-order chi connectivity index (χ0) is 34.0. The fourth-order valence-corrected chi connectivity index (χ4v) is 9.63. The largest absolute Gasteiger partial charge is 0.465 e. The van der Waals surface area contributed by atoms with Crippen LogP contribution in [0, 0.1) is 38.0 Å². The lowest BCUT2D eigenvalue weighted by Crippen LogP contribution is -2.58. The Morgan fingerprint density at radius 2 is 1.19 bits per heavy atom. The summed E-state index contributed by atoms with van der Waals surface area (Å²) in [6, 6.07) is 26.8. The van der Waals surface area contributed by atoms with Crippen LogP contribution in [0.3, 0.4) is 0 Å². The van der Waals surface area contributed by atoms with E-state index in [1.165, 1.54) is 31.4 Å². The van der Waals surface area contributed by atoms with Gasteiger partial charge in [0.05, 0.1) is 35.1 Å². The minimum Gasteiger partial charge on any atom is -0.465 e. The van der Waals surface area contributed by atoms with Crippen molar-refractivity contribution < 1.29 is 36.9 Å². The van der Waals surface area contributed by atoms with Crippen molar-refractivity contribution in [3.8, 4) is 0 Å². The highest BCUT2D eigenvalue weighted by atomic mass is 32.2. The molecule has 2 atom stereocenters. The van der Waals surface area contributed by atoms with Crippen molar-refractivity contribution in [3.05, 3.63) is 89.5 Å². The quantitative estimate of drug-likeness (QED) is 0.101. The van der Waals surface area contributed by atoms with Crippen LogP contribution in [0.5, 0.6) is 0 Å². The molecule has 0 spiro atoms. The van der Waals surface area contributed by atoms with Gasteiger partial charge < -0.3 is 14.6 Å². The van der Waals surface area contributed by atoms with E-state index in [1.54, 1.807) is 0 Å². The maximum Gasteiger partial charge on any atom is 0.419 e. The minimum absolute atomic E-state index is 0.0394. The topological polar surface area (TPSA) is 55.8 Å². The molecule has 4 nitrogen and oxygen atoms in total. The highest BCUT2D eigenvalue weighted by molar-refractivity contribution is 7.97. The number of benzene rings is 3. The summed E-state index contributed by atoms with van der Waals surface area (Å²) in [7, 11) is -0.0394. The summed E-state index contributed by atoms with van der Waals surface area (Å²) in [5.41, 5.74) is 2.45. The van der Waals surface area contributed by atoms with Gasteiger partial charge in [0.15, 0.2) is 14.7 Å². The second-order valence-corrected chi connectivity index (χ2v) is 16.0. The van der Waals surface area contributed by atoms with Crippen molar-refractivity contribution in [2.24, 2.45) is 17.3 Å². The first-order chi connectivity index (χ1) is 22.1. The summed E-state index contributed by atoms with van der Waals surface area (Å²) < 4.78 is 60.3. The zero-order valence-electron chi connectivity index (χ0n) is 27.5. The summed E-state index contributed by atoms with van der Waals surface area (Å²) in [5.74, 6) is -4.02. The standard InChI is InChI=1S/C21H21S.C17H24F4O4/c1-16-4-10-19(11-5-16)22(20-12-6-17(2)7-13-20)21-14-8-18(3)9-15-21;1-14(18,19)17(20,21)25-4-2-3-24-13(22)15-6-11-5-12(7-15)9-16(23,8-11)10-15/h4-15H,1-3H3;11-12,23H,2-10H2,1H3/q+1;. The average Bonchev–Trinajstić information content (AvgIpc) is 2.98. The van der Waals surface area contributed by atoms with Gasteiger partial charge in [-0.25, -0.2) is 0 Å². The Morgan fingerprint density at radius 1 is 0.766 bits per heavy atom. The Labute approximate surface area is 278 Å². The molecule has 4 fully saturated rings. The molecule has 9 heteroatoms. The summed E-state index contributed by atoms with van der Waals surface area (Å²) in [6.07, 6.45) is -0.360. The Kier molecular flexibility index (Phi) is 10.5. The molecule has 0 radical (unpaired) electrons. The van der Waals surface area contributed by atoms with E-state index in [0.717, 1.165) is 19.3 Å². The first kappa shape index (κ1) is 35.4. The van der Waals surface area contributed by atoms with E-state index in [4.69, 9.17) is 4.74 Å². The molecule has 0 amide bonds. The number of aryl methyl sites for hydroxylation is 3. The number of carbonyl (C=O) groups excluding carboxylic acids is 1. The average molecular weight is 674 g/mol. The van der Waals surface area contributed by atoms with Crippen LogP contribution in [0.4, 0.5) is 17.6 Å². The third-order valence-electron chi connectivity index (χ3n) is 9.55. The van der Waals surface area contributed by atoms with Gasteiger partial charge in [0, 0.05) is 13.3 Å². The van der Waals surface area contributed by atoms with Gasteiger partial charge in [-0.05, 0) is 108 Å². The number of ether oxygens (including phenoxy) is 2. The van der Waals surface area contributed by atoms with E-state index >= 15 is 0 Å². The monoisotopic (exact) mass is 673 g/mol. The van der Waals surface area contributed by atoms with Gasteiger partial charge in [-0.1, -0.05) is 53.1 Å². The highest BCUT2D eigenvalue weighted by Crippen LogP contribution is 2.62. The van der Waals surface area contributed by atoms with E-state index in [-0.39, 0.29) is 30.8 Å². The van der Waals surface area contributed by atoms with Crippen LogP contribution >= 0.6 is 0 Å². The molecular weight excluding hydrogens is 628 g/mol. The Bertz CT molecular complexity index is 1380. The van der Waals surface area contributed by atoms with Crippen LogP contribution in [0.15, 0.2) is 87.5 Å². The molecule has 47 heavy (non-hydrogen) atoms. The van der Waals surface area contributed by atoms with Gasteiger partial charge in [-0.3, -0.25) is 4.79 Å². The molecular formula is C38H45F4O4S+. The Morgan fingerprint density at radius 3 is 1.57 bits per heavy atom. The van der Waals surface area contributed by atoms with Crippen LogP contribution in [0.2, 0.25) is 0 Å². The molecule has 4 bridgehead atoms. The number of carbonyl (C=O) groups is 1. The van der Waals surface area contributed by atoms with E-state index in [9.17, 15) is 27.5 Å². The zero-order valence-corrected chi connectivity index (χ0v) is 28.4. The van der Waals surface area contributed by atoms with Crippen molar-refractivity contribution >= 4 is 16.9 Å². The molecule has 3 aromatic rings. The molecule has 3 aromatic carbocycles. The van der Waals surface area contributed by atoms with Crippen LogP contribution in [-0.4, -0.2) is 41.9 Å². The second-order valence-electron chi connectivity index (χ2n) is 14.0. The number of hydrogen-bond donors (Lipinski definition) is 1. The van der Waals surface area contributed by atoms with Gasteiger partial charge >= 0.3 is 18.0 Å². The predicted octanol–water partition coefficient (Wildman–Crippen LogP) is 9.22. The Hall–Kier alpha value is -2.88. The van der Waals surface area contributed by atoms with Crippen LogP contribution in [0.1, 0.15) is 68.6 Å². The predicted molar refractivity (Wildman–Crippen MR) is 175 cm³/mol. The molecule has 4 aliphatic carbocycles. The normalized spacial score (nSPS) is 25.0. The highest BCUT2D eigenvalue weighted by Gasteiger charge is 2.61. The second kappa shape index (κ2) is 13.9. The number of esters is 1. The number of aliphatic hydroxyl groups is 1. The lowest BCUT2D eigenvalue weighted by molar-refractivity contribution is -0.341. The first-order valence-electron chi connectivity index (χ1n) is 16.3. The van der Waals surface area contributed by atoms with E-state index in [2.05, 4.69) is 98.3 Å². The van der Waals surface area contributed by atoms with Crippen LogP contribution in [0.25, 0.3) is 0 Å². The third kappa shape index (κ3) is 8.41. The van der Waals surface area contributed by atoms with E-state index in [0.29, 0.717) is 31.1 Å². The third-order valence-corrected chi connectivity index (χ3v) is 11.8. The SMILES string of the molecule is CC(F)(F)C(F)(F)OCCCOC(=O)C12CC3CC(CC(O)(C3)C1)C2.Cc1ccc([S+](c2ccc(C)cc2)c2ccc(C)cc2)cc1. The summed E-state index contributed by atoms with van der Waals surface area (Å²) >= 11 is 0. The summed E-state index contributed by atoms with van der Waals surface area (Å²) in [6.45, 7) is 5.70. The molecule has 0 aliphatic heterocycles. The first-order valence-corrected chi connectivity index (χ1v) is 17.5. The minimum atomic E-state index is -4.54. The molecule has 254 valence electrons. The molecule has 0 aromatic heterocycles. The lowest BCUT2D eigenvalue weighted by Gasteiger charge is -2.58. The number of rotatable bonds is 10. The van der Waals surface area contributed by atoms with E-state index in [1.807, 2.05) is 0 Å². The smallest absolute Gasteiger partial charge is 0.419 e. The molecule has 0 heterocycles. The van der Waals surface area contributed by atoms with Crippen LogP contribution < -0.4 is 0 Å². The molecule has 7 rings (SSSR count). The van der Waals surface area contributed by atoms with E-state index < -0.39 is 35.6 Å². The van der Waals surface area contributed by atoms with Crippen molar-refractivity contribution in [2.75, 3.05) is 13.2 Å². The molecule has 0 saturated heterocycles. The number of alkyl halides is 4. The maximum atomic E-state index is 13.0. The fraction of sp³-hybridized carbons (Fsp3) is 0.500. The summed E-state index contributed by atoms with van der Waals surface area (Å²) in [5, 5.41) is 10.6. The van der Waals surface area contributed by atoms with Gasteiger partial charge in [0.1, 0.15) is 0 Å². The van der Waals surface area contributed by atoms with Crippen molar-refractivity contribution in [2.45, 2.75) is 105 Å². The van der Waals surface area contributed by atoms with Gasteiger partial charge in [0.25, 0.3) is 0 Å². The summed E-state index contributed by atoms with van der Waals surface area (Å²) in [4.78, 5) is 16.6. The molecule has 1 N–H and O–H groups in total. The fourth-order valence-electron chi connectivity index (χ4n) is 7.59. The number of hydrogen-bond acceptors (Lipinski definition) is 4. The van der Waals surface area contributed by atoms with Crippen molar-refractivity contribution in [3.63, 3.8) is 0 Å². The Balaban J connectivity index is 0.000000186. The molecule has 4 saturated carbocycles. The maximum absolute atomic E-state index is 13.0. The lowest BCUT2D eigenvalue weighted by atomic mass is 9.48. The van der Waals surface area contributed by atoms with Crippen molar-refractivity contribution in [1.82, 2.24) is 0 Å². The van der Waals surface area contributed by atoms with Crippen molar-refractivity contribution in [1.29, 1.82) is 0 Å². The molecule has 2 unspecified atom stereocenters. The number of halogens is 4.